The normalized spacial score (nSPS) is 31.2. The van der Waals surface area contributed by atoms with Crippen LogP contribution in [0.2, 0.25) is 0 Å². The molecule has 0 aliphatic carbocycles. The molecule has 1 unspecified atom stereocenters. The predicted octanol–water partition coefficient (Wildman–Crippen LogP) is 2.81. The first-order valence-corrected chi connectivity index (χ1v) is 4.73. The van der Waals surface area contributed by atoms with Crippen molar-refractivity contribution in [2.24, 2.45) is 0 Å². The minimum absolute atomic E-state index is 0.247. The quantitative estimate of drug-likeness (QED) is 0.655. The molecule has 0 bridgehead atoms. The van der Waals surface area contributed by atoms with Gasteiger partial charge >= 0.3 is 6.18 Å². The molecule has 13 heavy (non-hydrogen) atoms. The lowest BCUT2D eigenvalue weighted by atomic mass is 9.98. The third-order valence-electron chi connectivity index (χ3n) is 2.89. The van der Waals surface area contributed by atoms with Crippen LogP contribution in [0, 0.1) is 0 Å². The molecule has 1 aliphatic rings. The van der Waals surface area contributed by atoms with E-state index in [0.29, 0.717) is 19.5 Å². The van der Waals surface area contributed by atoms with Gasteiger partial charge in [-0.05, 0) is 39.3 Å². The highest BCUT2D eigenvalue weighted by Gasteiger charge is 2.56. The van der Waals surface area contributed by atoms with Crippen molar-refractivity contribution in [3.8, 4) is 0 Å². The Morgan fingerprint density at radius 1 is 1.38 bits per heavy atom. The zero-order valence-electron chi connectivity index (χ0n) is 8.12. The van der Waals surface area contributed by atoms with E-state index < -0.39 is 11.7 Å². The lowest BCUT2D eigenvalue weighted by Crippen LogP contribution is -2.52. The van der Waals surface area contributed by atoms with Crippen LogP contribution in [0.1, 0.15) is 33.1 Å². The van der Waals surface area contributed by atoms with Crippen LogP contribution in [-0.2, 0) is 0 Å². The maximum Gasteiger partial charge on any atom is 0.406 e. The highest BCUT2D eigenvalue weighted by atomic mass is 19.4. The van der Waals surface area contributed by atoms with Crippen LogP contribution in [0.3, 0.4) is 0 Å². The van der Waals surface area contributed by atoms with E-state index in [9.17, 15) is 13.2 Å². The van der Waals surface area contributed by atoms with E-state index in [4.69, 9.17) is 0 Å². The van der Waals surface area contributed by atoms with Gasteiger partial charge in [0, 0.05) is 0 Å². The Labute approximate surface area is 76.9 Å². The number of hydrogen-bond donors (Lipinski definition) is 0. The first kappa shape index (κ1) is 10.8. The number of rotatable bonds is 2. The van der Waals surface area contributed by atoms with E-state index >= 15 is 0 Å². The number of alkyl halides is 3. The number of halogens is 3. The fourth-order valence-corrected chi connectivity index (χ4v) is 1.97. The van der Waals surface area contributed by atoms with Gasteiger partial charge in [-0.15, -0.1) is 0 Å². The van der Waals surface area contributed by atoms with Crippen molar-refractivity contribution in [1.82, 2.24) is 4.90 Å². The van der Waals surface area contributed by atoms with Crippen LogP contribution < -0.4 is 0 Å². The summed E-state index contributed by atoms with van der Waals surface area (Å²) in [6.45, 7) is 4.37. The van der Waals surface area contributed by atoms with Crippen molar-refractivity contribution >= 4 is 0 Å². The Bertz CT molecular complexity index is 178. The van der Waals surface area contributed by atoms with Gasteiger partial charge in [-0.3, -0.25) is 4.90 Å². The Morgan fingerprint density at radius 2 is 2.00 bits per heavy atom. The molecule has 0 aromatic heterocycles. The summed E-state index contributed by atoms with van der Waals surface area (Å²) < 4.78 is 38.0. The van der Waals surface area contributed by atoms with Crippen LogP contribution in [0.4, 0.5) is 13.2 Å². The third kappa shape index (κ3) is 1.82. The molecule has 78 valence electrons. The first-order chi connectivity index (χ1) is 5.92. The van der Waals surface area contributed by atoms with Crippen molar-refractivity contribution < 1.29 is 13.2 Å². The van der Waals surface area contributed by atoms with Gasteiger partial charge in [0.2, 0.25) is 0 Å². The Hall–Kier alpha value is -0.250. The van der Waals surface area contributed by atoms with E-state index in [-0.39, 0.29) is 6.42 Å². The molecule has 1 saturated heterocycles. The van der Waals surface area contributed by atoms with Gasteiger partial charge in [-0.1, -0.05) is 6.92 Å². The van der Waals surface area contributed by atoms with Gasteiger partial charge < -0.3 is 0 Å². The fraction of sp³-hybridized carbons (Fsp3) is 1.00. The summed E-state index contributed by atoms with van der Waals surface area (Å²) >= 11 is 0. The van der Waals surface area contributed by atoms with E-state index in [1.807, 2.05) is 6.92 Å². The zero-order chi connectivity index (χ0) is 10.1. The van der Waals surface area contributed by atoms with E-state index in [1.165, 1.54) is 6.92 Å². The third-order valence-corrected chi connectivity index (χ3v) is 2.89. The van der Waals surface area contributed by atoms with Crippen molar-refractivity contribution in [2.45, 2.75) is 44.8 Å². The van der Waals surface area contributed by atoms with Crippen molar-refractivity contribution in [3.05, 3.63) is 0 Å². The van der Waals surface area contributed by atoms with Crippen molar-refractivity contribution in [3.63, 3.8) is 0 Å². The molecule has 1 aliphatic heterocycles. The van der Waals surface area contributed by atoms with Crippen LogP contribution in [0.25, 0.3) is 0 Å². The highest BCUT2D eigenvalue weighted by Crippen LogP contribution is 2.42. The van der Waals surface area contributed by atoms with Gasteiger partial charge in [0.15, 0.2) is 0 Å². The summed E-state index contributed by atoms with van der Waals surface area (Å²) in [5, 5.41) is 0. The molecule has 1 fully saturated rings. The molecule has 1 heterocycles. The lowest BCUT2D eigenvalue weighted by molar-refractivity contribution is -0.217. The highest BCUT2D eigenvalue weighted by molar-refractivity contribution is 4.97. The second kappa shape index (κ2) is 3.48. The molecule has 0 saturated carbocycles. The predicted molar refractivity (Wildman–Crippen MR) is 45.6 cm³/mol. The van der Waals surface area contributed by atoms with Crippen molar-refractivity contribution in [1.29, 1.82) is 0 Å². The maximum atomic E-state index is 12.7. The monoisotopic (exact) mass is 195 g/mol. The first-order valence-electron chi connectivity index (χ1n) is 4.73. The number of likely N-dealkylation sites (tertiary alicyclic amines) is 1. The molecule has 0 radical (unpaired) electrons. The van der Waals surface area contributed by atoms with Crippen LogP contribution >= 0.6 is 0 Å². The molecule has 0 spiro atoms. The van der Waals surface area contributed by atoms with Crippen LogP contribution in [-0.4, -0.2) is 29.7 Å². The molecule has 0 N–H and O–H groups in total. The zero-order valence-corrected chi connectivity index (χ0v) is 8.12. The Morgan fingerprint density at radius 3 is 2.46 bits per heavy atom. The summed E-state index contributed by atoms with van der Waals surface area (Å²) in [5.41, 5.74) is -1.57. The smallest absolute Gasteiger partial charge is 0.290 e. The summed E-state index contributed by atoms with van der Waals surface area (Å²) in [7, 11) is 0. The molecule has 0 aromatic carbocycles. The largest absolute Gasteiger partial charge is 0.406 e. The minimum atomic E-state index is -4.08. The topological polar surface area (TPSA) is 3.24 Å². The average Bonchev–Trinajstić information content (AvgIpc) is 2.33. The van der Waals surface area contributed by atoms with E-state index in [1.54, 1.807) is 4.90 Å². The maximum absolute atomic E-state index is 12.7. The molecule has 1 atom stereocenters. The second-order valence-corrected chi connectivity index (χ2v) is 3.86. The Balaban J connectivity index is 2.75. The van der Waals surface area contributed by atoms with Gasteiger partial charge in [0.05, 0.1) is 0 Å². The molecule has 1 rings (SSSR count). The van der Waals surface area contributed by atoms with E-state index in [2.05, 4.69) is 0 Å². The molecular formula is C9H16F3N. The molecule has 1 nitrogen and oxygen atoms in total. The van der Waals surface area contributed by atoms with Crippen LogP contribution in [0.15, 0.2) is 0 Å². The minimum Gasteiger partial charge on any atom is -0.290 e. The molecular weight excluding hydrogens is 179 g/mol. The molecule has 0 amide bonds. The number of hydrogen-bond acceptors (Lipinski definition) is 1. The lowest BCUT2D eigenvalue weighted by Gasteiger charge is -2.36. The average molecular weight is 195 g/mol. The van der Waals surface area contributed by atoms with Crippen LogP contribution in [0.5, 0.6) is 0 Å². The second-order valence-electron chi connectivity index (χ2n) is 3.86. The van der Waals surface area contributed by atoms with Gasteiger partial charge in [0.1, 0.15) is 5.54 Å². The Kier molecular flexibility index (Phi) is 2.90. The molecule has 0 aromatic rings. The van der Waals surface area contributed by atoms with Gasteiger partial charge in [-0.25, -0.2) is 0 Å². The number of nitrogens with zero attached hydrogens (tertiary/aromatic N) is 1. The summed E-state index contributed by atoms with van der Waals surface area (Å²) in [4.78, 5) is 1.56. The molecule has 4 heteroatoms. The fourth-order valence-electron chi connectivity index (χ4n) is 1.97. The summed E-state index contributed by atoms with van der Waals surface area (Å²) in [6, 6.07) is 0. The van der Waals surface area contributed by atoms with E-state index in [0.717, 1.165) is 6.42 Å². The summed E-state index contributed by atoms with van der Waals surface area (Å²) in [5.74, 6) is 0. The standard InChI is InChI=1S/C9H16F3N/c1-3-6-13-7-4-5-8(13,2)9(10,11)12/h3-7H2,1-2H3. The summed E-state index contributed by atoms with van der Waals surface area (Å²) in [6.07, 6.45) is -2.39. The van der Waals surface area contributed by atoms with Gasteiger partial charge in [-0.2, -0.15) is 13.2 Å². The van der Waals surface area contributed by atoms with Gasteiger partial charge in [0.25, 0.3) is 0 Å². The van der Waals surface area contributed by atoms with Crippen molar-refractivity contribution in [2.75, 3.05) is 13.1 Å². The SMILES string of the molecule is CCCN1CCCC1(C)C(F)(F)F.